The molecule has 0 saturated carbocycles. The third-order valence-corrected chi connectivity index (χ3v) is 3.54. The van der Waals surface area contributed by atoms with Gasteiger partial charge in [-0.05, 0) is 13.8 Å². The number of ether oxygens (including phenoxy) is 1. The SMILES string of the molecule is CC.Cc1nc(Cl)c2c(c1Cl)C(C)(C(N)=O)CO2. The van der Waals surface area contributed by atoms with Gasteiger partial charge in [0.05, 0.1) is 10.7 Å². The quantitative estimate of drug-likeness (QED) is 0.809. The molecule has 1 unspecified atom stereocenters. The third-order valence-electron chi connectivity index (χ3n) is 2.82. The van der Waals surface area contributed by atoms with Crippen molar-refractivity contribution in [1.82, 2.24) is 4.98 Å². The maximum Gasteiger partial charge on any atom is 0.231 e. The van der Waals surface area contributed by atoms with E-state index in [1.165, 1.54) is 0 Å². The van der Waals surface area contributed by atoms with Gasteiger partial charge in [-0.2, -0.15) is 0 Å². The fraction of sp³-hybridized carbons (Fsp3) is 0.500. The average Bonchev–Trinajstić information content (AvgIpc) is 2.69. The fourth-order valence-electron chi connectivity index (χ4n) is 1.74. The number of halogens is 2. The summed E-state index contributed by atoms with van der Waals surface area (Å²) in [6.07, 6.45) is 0. The Morgan fingerprint density at radius 2 is 2.00 bits per heavy atom. The normalized spacial score (nSPS) is 20.6. The number of hydrogen-bond acceptors (Lipinski definition) is 3. The third kappa shape index (κ3) is 2.15. The van der Waals surface area contributed by atoms with Gasteiger partial charge in [0, 0.05) is 5.56 Å². The van der Waals surface area contributed by atoms with Crippen molar-refractivity contribution in [3.8, 4) is 5.75 Å². The maximum atomic E-state index is 11.5. The van der Waals surface area contributed by atoms with Crippen LogP contribution in [0.5, 0.6) is 5.75 Å². The predicted molar refractivity (Wildman–Crippen MR) is 72.4 cm³/mol. The summed E-state index contributed by atoms with van der Waals surface area (Å²) in [5, 5.41) is 0.597. The highest BCUT2D eigenvalue weighted by atomic mass is 35.5. The average molecular weight is 291 g/mol. The number of rotatable bonds is 1. The van der Waals surface area contributed by atoms with Crippen molar-refractivity contribution < 1.29 is 9.53 Å². The number of hydrogen-bond donors (Lipinski definition) is 1. The molecular formula is C12H16Cl2N2O2. The number of aromatic nitrogens is 1. The number of carbonyl (C=O) groups excluding carboxylic acids is 1. The minimum atomic E-state index is -0.941. The minimum Gasteiger partial charge on any atom is -0.488 e. The van der Waals surface area contributed by atoms with E-state index in [0.717, 1.165) is 0 Å². The molecule has 18 heavy (non-hydrogen) atoms. The fourth-order valence-corrected chi connectivity index (χ4v) is 2.35. The zero-order valence-corrected chi connectivity index (χ0v) is 12.3. The molecule has 1 amide bonds. The van der Waals surface area contributed by atoms with Gasteiger partial charge in [-0.15, -0.1) is 0 Å². The molecule has 4 nitrogen and oxygen atoms in total. The van der Waals surface area contributed by atoms with E-state index in [9.17, 15) is 4.79 Å². The lowest BCUT2D eigenvalue weighted by Crippen LogP contribution is -2.40. The lowest BCUT2D eigenvalue weighted by molar-refractivity contribution is -0.123. The van der Waals surface area contributed by atoms with E-state index >= 15 is 0 Å². The highest BCUT2D eigenvalue weighted by Gasteiger charge is 2.45. The van der Waals surface area contributed by atoms with Gasteiger partial charge in [0.2, 0.25) is 5.91 Å². The van der Waals surface area contributed by atoms with Gasteiger partial charge in [-0.25, -0.2) is 4.98 Å². The van der Waals surface area contributed by atoms with Crippen LogP contribution in [-0.4, -0.2) is 17.5 Å². The molecule has 2 N–H and O–H groups in total. The lowest BCUT2D eigenvalue weighted by atomic mass is 9.84. The van der Waals surface area contributed by atoms with Crippen molar-refractivity contribution in [3.63, 3.8) is 0 Å². The molecule has 0 saturated heterocycles. The van der Waals surface area contributed by atoms with E-state index in [1.54, 1.807) is 13.8 Å². The van der Waals surface area contributed by atoms with E-state index in [-0.39, 0.29) is 11.8 Å². The van der Waals surface area contributed by atoms with Gasteiger partial charge in [0.1, 0.15) is 12.0 Å². The zero-order chi connectivity index (χ0) is 14.1. The van der Waals surface area contributed by atoms with E-state index in [4.69, 9.17) is 33.7 Å². The van der Waals surface area contributed by atoms with Crippen molar-refractivity contribution in [2.24, 2.45) is 5.73 Å². The highest BCUT2D eigenvalue weighted by Crippen LogP contribution is 2.46. The molecule has 6 heteroatoms. The summed E-state index contributed by atoms with van der Waals surface area (Å²) in [5.74, 6) is -0.131. The number of aryl methyl sites for hydroxylation is 1. The van der Waals surface area contributed by atoms with E-state index in [2.05, 4.69) is 4.98 Å². The number of pyridine rings is 1. The molecule has 2 rings (SSSR count). The highest BCUT2D eigenvalue weighted by molar-refractivity contribution is 6.35. The van der Waals surface area contributed by atoms with Crippen LogP contribution < -0.4 is 10.5 Å². The largest absolute Gasteiger partial charge is 0.488 e. The van der Waals surface area contributed by atoms with Crippen LogP contribution in [0.1, 0.15) is 32.0 Å². The van der Waals surface area contributed by atoms with E-state index in [1.807, 2.05) is 13.8 Å². The van der Waals surface area contributed by atoms with Crippen LogP contribution in [0, 0.1) is 6.92 Å². The van der Waals surface area contributed by atoms with Crippen LogP contribution in [0.2, 0.25) is 10.2 Å². The zero-order valence-electron chi connectivity index (χ0n) is 10.8. The molecule has 100 valence electrons. The van der Waals surface area contributed by atoms with Gasteiger partial charge >= 0.3 is 0 Å². The molecule has 1 aliphatic rings. The lowest BCUT2D eigenvalue weighted by Gasteiger charge is -2.19. The van der Waals surface area contributed by atoms with Crippen molar-refractivity contribution >= 4 is 29.1 Å². The second-order valence-electron chi connectivity index (χ2n) is 3.99. The van der Waals surface area contributed by atoms with Crippen molar-refractivity contribution in [1.29, 1.82) is 0 Å². The Bertz CT molecular complexity index is 491. The van der Waals surface area contributed by atoms with Crippen molar-refractivity contribution in [2.75, 3.05) is 6.61 Å². The van der Waals surface area contributed by atoms with Gasteiger partial charge in [0.15, 0.2) is 10.9 Å². The van der Waals surface area contributed by atoms with E-state index in [0.29, 0.717) is 22.0 Å². The summed E-state index contributed by atoms with van der Waals surface area (Å²) in [6, 6.07) is 0. The summed E-state index contributed by atoms with van der Waals surface area (Å²) in [4.78, 5) is 15.5. The number of amides is 1. The van der Waals surface area contributed by atoms with Crippen LogP contribution in [0.3, 0.4) is 0 Å². The monoisotopic (exact) mass is 290 g/mol. The number of nitrogens with zero attached hydrogens (tertiary/aromatic N) is 1. The molecule has 0 radical (unpaired) electrons. The first-order chi connectivity index (χ1) is 8.38. The van der Waals surface area contributed by atoms with Crippen molar-refractivity contribution in [2.45, 2.75) is 33.1 Å². The predicted octanol–water partition coefficient (Wildman–Crippen LogP) is 2.86. The molecule has 1 aliphatic heterocycles. The molecule has 0 fully saturated rings. The first-order valence-electron chi connectivity index (χ1n) is 5.66. The Morgan fingerprint density at radius 3 is 2.50 bits per heavy atom. The van der Waals surface area contributed by atoms with Gasteiger partial charge in [-0.3, -0.25) is 4.79 Å². The summed E-state index contributed by atoms with van der Waals surface area (Å²) in [7, 11) is 0. The second kappa shape index (κ2) is 5.33. The maximum absolute atomic E-state index is 11.5. The molecule has 1 aromatic rings. The molecule has 0 aliphatic carbocycles. The minimum absolute atomic E-state index is 0.141. The second-order valence-corrected chi connectivity index (χ2v) is 4.73. The molecule has 2 heterocycles. The van der Waals surface area contributed by atoms with Gasteiger partial charge in [0.25, 0.3) is 0 Å². The summed E-state index contributed by atoms with van der Waals surface area (Å²) in [6.45, 7) is 7.54. The summed E-state index contributed by atoms with van der Waals surface area (Å²) in [5.41, 5.74) is 5.53. The summed E-state index contributed by atoms with van der Waals surface area (Å²) < 4.78 is 5.36. The Hall–Kier alpha value is -1.00. The van der Waals surface area contributed by atoms with Crippen LogP contribution >= 0.6 is 23.2 Å². The Labute approximate surface area is 116 Å². The molecule has 1 aromatic heterocycles. The smallest absolute Gasteiger partial charge is 0.231 e. The molecule has 0 bridgehead atoms. The number of carbonyl (C=O) groups is 1. The Morgan fingerprint density at radius 1 is 1.44 bits per heavy atom. The first kappa shape index (κ1) is 15.1. The van der Waals surface area contributed by atoms with Crippen LogP contribution in [0.15, 0.2) is 0 Å². The van der Waals surface area contributed by atoms with Crippen LogP contribution in [0.25, 0.3) is 0 Å². The Balaban J connectivity index is 0.000000771. The molecule has 0 aromatic carbocycles. The molecule has 0 spiro atoms. The standard InChI is InChI=1S/C10H10Cl2N2O2.C2H6/c1-4-6(11)5-7(8(12)14-4)16-3-10(5,2)9(13)15;1-2/h3H2,1-2H3,(H2,13,15);1-2H3. The molecular weight excluding hydrogens is 275 g/mol. The molecule has 1 atom stereocenters. The first-order valence-corrected chi connectivity index (χ1v) is 6.42. The number of fused-ring (bicyclic) bond motifs is 1. The number of primary amides is 1. The Kier molecular flexibility index (Phi) is 4.46. The van der Waals surface area contributed by atoms with Crippen molar-refractivity contribution in [3.05, 3.63) is 21.4 Å². The van der Waals surface area contributed by atoms with E-state index < -0.39 is 11.3 Å². The van der Waals surface area contributed by atoms with Crippen LogP contribution in [0.4, 0.5) is 0 Å². The van der Waals surface area contributed by atoms with Gasteiger partial charge < -0.3 is 10.5 Å². The van der Waals surface area contributed by atoms with Gasteiger partial charge in [-0.1, -0.05) is 37.0 Å². The topological polar surface area (TPSA) is 65.2 Å². The van der Waals surface area contributed by atoms with Crippen LogP contribution in [-0.2, 0) is 10.2 Å². The number of nitrogens with two attached hydrogens (primary N) is 1. The summed E-state index contributed by atoms with van der Waals surface area (Å²) >= 11 is 12.1.